The Balaban J connectivity index is 1.98. The average Bonchev–Trinajstić information content (AvgIpc) is 3.23. The summed E-state index contributed by atoms with van der Waals surface area (Å²) in [7, 11) is 0. The molecule has 3 heterocycles. The molecule has 0 bridgehead atoms. The number of aliphatic hydroxyl groups excluding tert-OH is 1. The van der Waals surface area contributed by atoms with Crippen LogP contribution < -0.4 is 4.90 Å². The highest BCUT2D eigenvalue weighted by Gasteiger charge is 2.21. The van der Waals surface area contributed by atoms with E-state index < -0.39 is 0 Å². The molecule has 0 atom stereocenters. The van der Waals surface area contributed by atoms with Crippen molar-refractivity contribution >= 4 is 17.5 Å². The molecule has 136 valence electrons. The summed E-state index contributed by atoms with van der Waals surface area (Å²) in [6, 6.07) is 0. The Morgan fingerprint density at radius 2 is 2.00 bits per heavy atom. The van der Waals surface area contributed by atoms with Crippen molar-refractivity contribution in [2.45, 2.75) is 46.1 Å². The van der Waals surface area contributed by atoms with Gasteiger partial charge in [0.25, 0.3) is 0 Å². The fraction of sp³-hybridized carbons (Fsp3) is 0.647. The maximum atomic E-state index is 9.06. The molecule has 3 rings (SSSR count). The summed E-state index contributed by atoms with van der Waals surface area (Å²) in [5.41, 5.74) is 0.627. The number of aromatic nitrogens is 5. The molecule has 8 heteroatoms. The number of nitrogens with zero attached hydrogens (tertiary/aromatic N) is 6. The van der Waals surface area contributed by atoms with E-state index in [0.717, 1.165) is 32.5 Å². The van der Waals surface area contributed by atoms with Gasteiger partial charge in [0.05, 0.1) is 11.2 Å². The Labute approximate surface area is 153 Å². The maximum Gasteiger partial charge on any atom is 0.226 e. The lowest BCUT2D eigenvalue weighted by atomic mass is 10.2. The number of anilines is 1. The molecule has 0 aliphatic carbocycles. The molecule has 2 aromatic rings. The summed E-state index contributed by atoms with van der Waals surface area (Å²) < 4.78 is 1.87. The minimum Gasteiger partial charge on any atom is -0.396 e. The standard InChI is InChI=1S/C17H25ClN6O/c1-12(2)11-24-16(20-14(22-24)6-5-9-25)15-13(18)10-19-17(21-15)23-7-3-4-8-23/h10,12,25H,3-9,11H2,1-2H3. The summed E-state index contributed by atoms with van der Waals surface area (Å²) >= 11 is 6.39. The molecular weight excluding hydrogens is 340 g/mol. The fourth-order valence-corrected chi connectivity index (χ4v) is 3.14. The van der Waals surface area contributed by atoms with E-state index in [4.69, 9.17) is 21.7 Å². The van der Waals surface area contributed by atoms with Gasteiger partial charge in [-0.1, -0.05) is 25.4 Å². The Hall–Kier alpha value is -1.73. The van der Waals surface area contributed by atoms with Gasteiger partial charge in [-0.15, -0.1) is 0 Å². The molecule has 1 N–H and O–H groups in total. The van der Waals surface area contributed by atoms with Crippen LogP contribution in [-0.4, -0.2) is 49.5 Å². The molecule has 0 saturated carbocycles. The van der Waals surface area contributed by atoms with Crippen molar-refractivity contribution < 1.29 is 5.11 Å². The third-order valence-corrected chi connectivity index (χ3v) is 4.42. The van der Waals surface area contributed by atoms with Crippen LogP contribution in [0.4, 0.5) is 5.95 Å². The van der Waals surface area contributed by atoms with Gasteiger partial charge in [-0.05, 0) is 25.2 Å². The Morgan fingerprint density at radius 1 is 1.24 bits per heavy atom. The highest BCUT2D eigenvalue weighted by atomic mass is 35.5. The Bertz CT molecular complexity index is 711. The topological polar surface area (TPSA) is 80.0 Å². The predicted octanol–water partition coefficient (Wildman–Crippen LogP) is 2.57. The van der Waals surface area contributed by atoms with Crippen LogP contribution in [0.2, 0.25) is 5.02 Å². The summed E-state index contributed by atoms with van der Waals surface area (Å²) in [5, 5.41) is 14.1. The first-order chi connectivity index (χ1) is 12.1. The van der Waals surface area contributed by atoms with Crippen molar-refractivity contribution in [1.82, 2.24) is 24.7 Å². The molecule has 0 aromatic carbocycles. The highest BCUT2D eigenvalue weighted by Crippen LogP contribution is 2.27. The number of hydrogen-bond donors (Lipinski definition) is 1. The summed E-state index contributed by atoms with van der Waals surface area (Å²) in [5.74, 6) is 2.51. The van der Waals surface area contributed by atoms with E-state index in [2.05, 4.69) is 33.8 Å². The molecule has 7 nitrogen and oxygen atoms in total. The Morgan fingerprint density at radius 3 is 2.68 bits per heavy atom. The molecule has 25 heavy (non-hydrogen) atoms. The monoisotopic (exact) mass is 364 g/mol. The van der Waals surface area contributed by atoms with E-state index in [1.807, 2.05) is 4.68 Å². The van der Waals surface area contributed by atoms with Crippen LogP contribution in [0.1, 0.15) is 38.9 Å². The smallest absolute Gasteiger partial charge is 0.226 e. The normalized spacial score (nSPS) is 14.7. The molecule has 1 fully saturated rings. The third-order valence-electron chi connectivity index (χ3n) is 4.14. The van der Waals surface area contributed by atoms with E-state index in [0.29, 0.717) is 47.1 Å². The fourth-order valence-electron chi connectivity index (χ4n) is 2.96. The van der Waals surface area contributed by atoms with E-state index in [1.165, 1.54) is 0 Å². The van der Waals surface area contributed by atoms with Crippen LogP contribution in [0.3, 0.4) is 0 Å². The molecule has 0 unspecified atom stereocenters. The van der Waals surface area contributed by atoms with Crippen LogP contribution in [-0.2, 0) is 13.0 Å². The first-order valence-corrected chi connectivity index (χ1v) is 9.28. The average molecular weight is 365 g/mol. The molecule has 0 radical (unpaired) electrons. The van der Waals surface area contributed by atoms with Gasteiger partial charge in [-0.2, -0.15) is 5.10 Å². The van der Waals surface area contributed by atoms with Crippen LogP contribution in [0.15, 0.2) is 6.20 Å². The molecule has 0 amide bonds. The van der Waals surface area contributed by atoms with Crippen molar-refractivity contribution in [2.75, 3.05) is 24.6 Å². The zero-order valence-electron chi connectivity index (χ0n) is 14.8. The number of aliphatic hydroxyl groups is 1. The summed E-state index contributed by atoms with van der Waals surface area (Å²) in [6.45, 7) is 7.08. The number of hydrogen-bond acceptors (Lipinski definition) is 6. The maximum absolute atomic E-state index is 9.06. The van der Waals surface area contributed by atoms with Crippen LogP contribution in [0, 0.1) is 5.92 Å². The van der Waals surface area contributed by atoms with Gasteiger partial charge in [-0.25, -0.2) is 19.6 Å². The lowest BCUT2D eigenvalue weighted by Crippen LogP contribution is -2.20. The number of rotatable bonds is 7. The van der Waals surface area contributed by atoms with Crippen molar-refractivity contribution in [3.05, 3.63) is 17.0 Å². The SMILES string of the molecule is CC(C)Cn1nc(CCCO)nc1-c1nc(N2CCCC2)ncc1Cl. The van der Waals surface area contributed by atoms with E-state index in [9.17, 15) is 0 Å². The van der Waals surface area contributed by atoms with E-state index in [1.54, 1.807) is 6.20 Å². The molecule has 0 spiro atoms. The molecule has 1 aliphatic rings. The minimum absolute atomic E-state index is 0.126. The van der Waals surface area contributed by atoms with Crippen molar-refractivity contribution in [2.24, 2.45) is 5.92 Å². The van der Waals surface area contributed by atoms with Crippen LogP contribution in [0.5, 0.6) is 0 Å². The second-order valence-corrected chi connectivity index (χ2v) is 7.22. The summed E-state index contributed by atoms with van der Waals surface area (Å²) in [4.78, 5) is 15.9. The van der Waals surface area contributed by atoms with Crippen molar-refractivity contribution in [3.63, 3.8) is 0 Å². The quantitative estimate of drug-likeness (QED) is 0.813. The molecular formula is C17H25ClN6O. The van der Waals surface area contributed by atoms with Crippen LogP contribution >= 0.6 is 11.6 Å². The first kappa shape index (κ1) is 18.1. The van der Waals surface area contributed by atoms with Gasteiger partial charge in [-0.3, -0.25) is 0 Å². The van der Waals surface area contributed by atoms with Gasteiger partial charge >= 0.3 is 0 Å². The lowest BCUT2D eigenvalue weighted by Gasteiger charge is -2.16. The second kappa shape index (κ2) is 8.10. The summed E-state index contributed by atoms with van der Waals surface area (Å²) in [6.07, 6.45) is 5.25. The van der Waals surface area contributed by atoms with Gasteiger partial charge in [0.2, 0.25) is 5.95 Å². The molecule has 1 aliphatic heterocycles. The third kappa shape index (κ3) is 4.27. The largest absolute Gasteiger partial charge is 0.396 e. The highest BCUT2D eigenvalue weighted by molar-refractivity contribution is 6.32. The van der Waals surface area contributed by atoms with E-state index in [-0.39, 0.29) is 6.61 Å². The number of halogens is 1. The zero-order chi connectivity index (χ0) is 17.8. The Kier molecular flexibility index (Phi) is 5.86. The van der Waals surface area contributed by atoms with Gasteiger partial charge in [0.1, 0.15) is 5.69 Å². The van der Waals surface area contributed by atoms with Gasteiger partial charge in [0.15, 0.2) is 11.6 Å². The molecule has 1 saturated heterocycles. The first-order valence-electron chi connectivity index (χ1n) is 8.91. The van der Waals surface area contributed by atoms with Crippen LogP contribution in [0.25, 0.3) is 11.5 Å². The minimum atomic E-state index is 0.126. The number of aryl methyl sites for hydroxylation is 1. The predicted molar refractivity (Wildman–Crippen MR) is 97.7 cm³/mol. The second-order valence-electron chi connectivity index (χ2n) is 6.82. The van der Waals surface area contributed by atoms with E-state index >= 15 is 0 Å². The van der Waals surface area contributed by atoms with Crippen molar-refractivity contribution in [1.29, 1.82) is 0 Å². The lowest BCUT2D eigenvalue weighted by molar-refractivity contribution is 0.287. The molecule has 2 aromatic heterocycles. The van der Waals surface area contributed by atoms with Crippen molar-refractivity contribution in [3.8, 4) is 11.5 Å². The van der Waals surface area contributed by atoms with Gasteiger partial charge in [0, 0.05) is 32.7 Å². The van der Waals surface area contributed by atoms with Gasteiger partial charge < -0.3 is 10.0 Å². The zero-order valence-corrected chi connectivity index (χ0v) is 15.6.